The summed E-state index contributed by atoms with van der Waals surface area (Å²) in [5.74, 6) is 1.32. The zero-order chi connectivity index (χ0) is 22.2. The number of aromatic nitrogens is 1. The van der Waals surface area contributed by atoms with Crippen molar-refractivity contribution in [2.24, 2.45) is 0 Å². The van der Waals surface area contributed by atoms with E-state index in [1.807, 2.05) is 66.7 Å². The topological polar surface area (TPSA) is 76.4 Å². The Morgan fingerprint density at radius 3 is 2.50 bits per heavy atom. The molecule has 0 radical (unpaired) electrons. The van der Waals surface area contributed by atoms with E-state index in [-0.39, 0.29) is 6.03 Å². The number of methoxy groups -OCH3 is 1. The maximum absolute atomic E-state index is 12.4. The van der Waals surface area contributed by atoms with E-state index >= 15 is 0 Å². The van der Waals surface area contributed by atoms with Gasteiger partial charge in [-0.3, -0.25) is 0 Å². The number of hydrogen-bond acceptors (Lipinski definition) is 4. The number of para-hydroxylation sites is 1. The van der Waals surface area contributed by atoms with E-state index in [2.05, 4.69) is 27.8 Å². The maximum Gasteiger partial charge on any atom is 0.319 e. The molecular formula is C26H25N3O3. The minimum absolute atomic E-state index is 0.246. The number of carbonyl (C=O) groups excluding carboxylic acids is 1. The molecule has 0 aliphatic heterocycles. The van der Waals surface area contributed by atoms with Gasteiger partial charge in [-0.25, -0.2) is 9.78 Å². The number of nitrogens with one attached hydrogen (secondary N) is 2. The zero-order valence-electron chi connectivity index (χ0n) is 17.9. The van der Waals surface area contributed by atoms with E-state index in [1.165, 1.54) is 5.56 Å². The molecule has 162 valence electrons. The van der Waals surface area contributed by atoms with Crippen LogP contribution in [0.3, 0.4) is 0 Å². The van der Waals surface area contributed by atoms with Crippen molar-refractivity contribution in [3.8, 4) is 17.2 Å². The number of amides is 2. The number of ether oxygens (including phenoxy) is 1. The van der Waals surface area contributed by atoms with Crippen LogP contribution in [0, 0.1) is 0 Å². The molecule has 1 heterocycles. The lowest BCUT2D eigenvalue weighted by Crippen LogP contribution is -2.30. The van der Waals surface area contributed by atoms with Crippen LogP contribution in [-0.4, -0.2) is 24.7 Å². The number of hydrogen-bond donors (Lipinski definition) is 2. The van der Waals surface area contributed by atoms with Crippen LogP contribution < -0.4 is 15.4 Å². The first-order valence-electron chi connectivity index (χ1n) is 10.5. The fourth-order valence-corrected chi connectivity index (χ4v) is 3.37. The number of benzene rings is 3. The van der Waals surface area contributed by atoms with Crippen molar-refractivity contribution in [1.29, 1.82) is 0 Å². The first-order valence-corrected chi connectivity index (χ1v) is 10.5. The van der Waals surface area contributed by atoms with Gasteiger partial charge in [0.25, 0.3) is 0 Å². The number of rotatable bonds is 8. The average molecular weight is 428 g/mol. The molecule has 0 atom stereocenters. The molecule has 2 amide bonds. The average Bonchev–Trinajstić information content (AvgIpc) is 3.30. The van der Waals surface area contributed by atoms with Gasteiger partial charge in [-0.1, -0.05) is 48.5 Å². The summed E-state index contributed by atoms with van der Waals surface area (Å²) in [5, 5.41) is 5.84. The van der Waals surface area contributed by atoms with Crippen LogP contribution in [0.1, 0.15) is 16.8 Å². The van der Waals surface area contributed by atoms with Crippen molar-refractivity contribution in [3.05, 3.63) is 102 Å². The Morgan fingerprint density at radius 1 is 0.969 bits per heavy atom. The van der Waals surface area contributed by atoms with E-state index in [4.69, 9.17) is 9.15 Å². The summed E-state index contributed by atoms with van der Waals surface area (Å²) < 4.78 is 10.7. The molecule has 4 aromatic rings. The molecule has 0 bridgehead atoms. The van der Waals surface area contributed by atoms with Crippen LogP contribution in [0.15, 0.2) is 89.5 Å². The molecule has 6 heteroatoms. The van der Waals surface area contributed by atoms with Crippen LogP contribution in [-0.2, 0) is 12.8 Å². The Bertz CT molecular complexity index is 1150. The molecule has 32 heavy (non-hydrogen) atoms. The molecule has 0 saturated carbocycles. The maximum atomic E-state index is 12.4. The number of oxazole rings is 1. The fraction of sp³-hybridized carbons (Fsp3) is 0.154. The van der Waals surface area contributed by atoms with Gasteiger partial charge >= 0.3 is 6.03 Å². The highest BCUT2D eigenvalue weighted by Gasteiger charge is 2.09. The van der Waals surface area contributed by atoms with Crippen molar-refractivity contribution in [2.75, 3.05) is 19.0 Å². The van der Waals surface area contributed by atoms with Crippen LogP contribution >= 0.6 is 0 Å². The predicted molar refractivity (Wildman–Crippen MR) is 125 cm³/mol. The smallest absolute Gasteiger partial charge is 0.319 e. The number of nitrogens with zero attached hydrogens (tertiary/aromatic N) is 1. The third-order valence-corrected chi connectivity index (χ3v) is 5.06. The molecule has 0 aliphatic carbocycles. The molecule has 0 fully saturated rings. The Labute approximate surface area is 187 Å². The van der Waals surface area contributed by atoms with E-state index < -0.39 is 0 Å². The third-order valence-electron chi connectivity index (χ3n) is 5.06. The van der Waals surface area contributed by atoms with Gasteiger partial charge in [-0.2, -0.15) is 0 Å². The molecule has 1 aromatic heterocycles. The second kappa shape index (κ2) is 10.3. The molecule has 0 saturated heterocycles. The molecular weight excluding hydrogens is 402 g/mol. The van der Waals surface area contributed by atoms with Gasteiger partial charge in [0.15, 0.2) is 0 Å². The molecule has 6 nitrogen and oxygen atoms in total. The monoisotopic (exact) mass is 427 g/mol. The summed E-state index contributed by atoms with van der Waals surface area (Å²) in [6.07, 6.45) is 2.94. The number of urea groups is 1. The van der Waals surface area contributed by atoms with E-state index in [0.717, 1.165) is 34.7 Å². The predicted octanol–water partition coefficient (Wildman–Crippen LogP) is 5.31. The standard InChI is InChI=1S/C26H25N3O3/c1-31-23-13-11-20(12-14-23)25-28-22(18-32-25)15-16-27-26(30)29-24-10-6-5-9-21(24)17-19-7-3-2-4-8-19/h2-14,18H,15-17H2,1H3,(H2,27,29,30). The third kappa shape index (κ3) is 5.55. The van der Waals surface area contributed by atoms with Gasteiger partial charge in [0.1, 0.15) is 12.0 Å². The number of anilines is 1. The summed E-state index contributed by atoms with van der Waals surface area (Å²) in [4.78, 5) is 16.9. The Kier molecular flexibility index (Phi) is 6.82. The Morgan fingerprint density at radius 2 is 1.72 bits per heavy atom. The van der Waals surface area contributed by atoms with E-state index in [1.54, 1.807) is 13.4 Å². The highest BCUT2D eigenvalue weighted by atomic mass is 16.5. The van der Waals surface area contributed by atoms with Gasteiger partial charge < -0.3 is 19.8 Å². The molecule has 0 unspecified atom stereocenters. The lowest BCUT2D eigenvalue weighted by atomic mass is 10.0. The van der Waals surface area contributed by atoms with E-state index in [0.29, 0.717) is 18.9 Å². The Hall–Kier alpha value is -4.06. The molecule has 3 aromatic carbocycles. The van der Waals surface area contributed by atoms with Crippen molar-refractivity contribution >= 4 is 11.7 Å². The molecule has 4 rings (SSSR count). The van der Waals surface area contributed by atoms with Gasteiger partial charge in [0, 0.05) is 24.2 Å². The summed E-state index contributed by atoms with van der Waals surface area (Å²) in [5.41, 5.74) is 4.71. The minimum Gasteiger partial charge on any atom is -0.497 e. The van der Waals surface area contributed by atoms with Crippen LogP contribution in [0.5, 0.6) is 5.75 Å². The van der Waals surface area contributed by atoms with Gasteiger partial charge in [0.05, 0.1) is 12.8 Å². The first kappa shape index (κ1) is 21.2. The summed E-state index contributed by atoms with van der Waals surface area (Å²) in [6.45, 7) is 0.446. The summed E-state index contributed by atoms with van der Waals surface area (Å²) in [6, 6.07) is 25.3. The van der Waals surface area contributed by atoms with Gasteiger partial charge in [-0.15, -0.1) is 0 Å². The summed E-state index contributed by atoms with van der Waals surface area (Å²) >= 11 is 0. The van der Waals surface area contributed by atoms with Crippen molar-refractivity contribution in [1.82, 2.24) is 10.3 Å². The van der Waals surface area contributed by atoms with E-state index in [9.17, 15) is 4.79 Å². The SMILES string of the molecule is COc1ccc(-c2nc(CCNC(=O)Nc3ccccc3Cc3ccccc3)co2)cc1. The Balaban J connectivity index is 1.29. The van der Waals surface area contributed by atoms with Crippen LogP contribution in [0.2, 0.25) is 0 Å². The normalized spacial score (nSPS) is 10.5. The lowest BCUT2D eigenvalue weighted by molar-refractivity contribution is 0.252. The minimum atomic E-state index is -0.246. The van der Waals surface area contributed by atoms with Crippen LogP contribution in [0.4, 0.5) is 10.5 Å². The highest BCUT2D eigenvalue weighted by molar-refractivity contribution is 5.90. The van der Waals surface area contributed by atoms with Crippen molar-refractivity contribution in [2.45, 2.75) is 12.8 Å². The lowest BCUT2D eigenvalue weighted by Gasteiger charge is -2.12. The molecule has 2 N–H and O–H groups in total. The van der Waals surface area contributed by atoms with Gasteiger partial charge in [-0.05, 0) is 47.9 Å². The highest BCUT2D eigenvalue weighted by Crippen LogP contribution is 2.22. The second-order valence-electron chi connectivity index (χ2n) is 7.32. The van der Waals surface area contributed by atoms with Gasteiger partial charge in [0.2, 0.25) is 5.89 Å². The first-order chi connectivity index (χ1) is 15.7. The quantitative estimate of drug-likeness (QED) is 0.400. The van der Waals surface area contributed by atoms with Crippen molar-refractivity contribution < 1.29 is 13.9 Å². The second-order valence-corrected chi connectivity index (χ2v) is 7.32. The largest absolute Gasteiger partial charge is 0.497 e. The fourth-order valence-electron chi connectivity index (χ4n) is 3.37. The molecule has 0 aliphatic rings. The number of carbonyl (C=O) groups is 1. The van der Waals surface area contributed by atoms with Crippen molar-refractivity contribution in [3.63, 3.8) is 0 Å². The molecule has 0 spiro atoms. The zero-order valence-corrected chi connectivity index (χ0v) is 17.9. The van der Waals surface area contributed by atoms with Crippen LogP contribution in [0.25, 0.3) is 11.5 Å². The summed E-state index contributed by atoms with van der Waals surface area (Å²) in [7, 11) is 1.63.